The summed E-state index contributed by atoms with van der Waals surface area (Å²) in [5, 5.41) is 3.37. The van der Waals surface area contributed by atoms with E-state index >= 15 is 0 Å². The van der Waals surface area contributed by atoms with Gasteiger partial charge in [-0.05, 0) is 61.5 Å². The molecule has 3 rings (SSSR count). The largest absolute Gasteiger partial charge is 0.322 e. The Morgan fingerprint density at radius 2 is 1.39 bits per heavy atom. The molecule has 0 unspecified atom stereocenters. The normalized spacial score (nSPS) is 11.1. The van der Waals surface area contributed by atoms with E-state index < -0.39 is 10.0 Å². The van der Waals surface area contributed by atoms with Crippen LogP contribution in [0.5, 0.6) is 0 Å². The number of carbonyl (C=O) groups excluding carboxylic acids is 1. The molecule has 28 heavy (non-hydrogen) atoms. The first kappa shape index (κ1) is 20.2. The van der Waals surface area contributed by atoms with Crippen LogP contribution in [0, 0.1) is 6.92 Å². The van der Waals surface area contributed by atoms with Gasteiger partial charge in [0.2, 0.25) is 0 Å². The van der Waals surface area contributed by atoms with Crippen molar-refractivity contribution >= 4 is 50.5 Å². The number of carbonyl (C=O) groups is 1. The maximum Gasteiger partial charge on any atom is 0.261 e. The van der Waals surface area contributed by atoms with E-state index in [0.717, 1.165) is 5.56 Å². The zero-order valence-corrected chi connectivity index (χ0v) is 17.1. The Bertz CT molecular complexity index is 1090. The van der Waals surface area contributed by atoms with E-state index in [1.807, 2.05) is 19.1 Å². The summed E-state index contributed by atoms with van der Waals surface area (Å²) in [6.45, 7) is 1.94. The van der Waals surface area contributed by atoms with Crippen LogP contribution < -0.4 is 10.0 Å². The average molecular weight is 435 g/mol. The van der Waals surface area contributed by atoms with Gasteiger partial charge in [0.15, 0.2) is 0 Å². The fraction of sp³-hybridized carbons (Fsp3) is 0.0500. The van der Waals surface area contributed by atoms with Crippen LogP contribution in [-0.4, -0.2) is 14.3 Å². The van der Waals surface area contributed by atoms with E-state index in [9.17, 15) is 13.2 Å². The van der Waals surface area contributed by atoms with Crippen LogP contribution in [0.15, 0.2) is 71.6 Å². The smallest absolute Gasteiger partial charge is 0.261 e. The maximum absolute atomic E-state index is 12.5. The van der Waals surface area contributed by atoms with Crippen molar-refractivity contribution in [2.24, 2.45) is 0 Å². The van der Waals surface area contributed by atoms with Gasteiger partial charge in [0.25, 0.3) is 15.9 Å². The summed E-state index contributed by atoms with van der Waals surface area (Å²) in [6.07, 6.45) is 0. The third kappa shape index (κ3) is 5.04. The number of nitrogens with one attached hydrogen (secondary N) is 2. The third-order valence-corrected chi connectivity index (χ3v) is 5.68. The monoisotopic (exact) mass is 434 g/mol. The Labute approximate surface area is 173 Å². The molecular weight excluding hydrogens is 419 g/mol. The van der Waals surface area contributed by atoms with Gasteiger partial charge in [-0.15, -0.1) is 0 Å². The fourth-order valence-corrected chi connectivity index (χ4v) is 4.02. The number of halogens is 2. The van der Waals surface area contributed by atoms with Crippen LogP contribution in [0.25, 0.3) is 0 Å². The molecule has 0 fully saturated rings. The molecule has 2 N–H and O–H groups in total. The molecule has 0 aliphatic rings. The summed E-state index contributed by atoms with van der Waals surface area (Å²) < 4.78 is 27.5. The van der Waals surface area contributed by atoms with Gasteiger partial charge in [-0.3, -0.25) is 9.52 Å². The molecule has 0 aliphatic heterocycles. The lowest BCUT2D eigenvalue weighted by Crippen LogP contribution is -2.14. The van der Waals surface area contributed by atoms with Crippen molar-refractivity contribution in [3.63, 3.8) is 0 Å². The molecule has 0 atom stereocenters. The fourth-order valence-electron chi connectivity index (χ4n) is 2.45. The number of hydrogen-bond acceptors (Lipinski definition) is 3. The first-order valence-electron chi connectivity index (χ1n) is 8.20. The summed E-state index contributed by atoms with van der Waals surface area (Å²) in [5.41, 5.74) is 2.31. The summed E-state index contributed by atoms with van der Waals surface area (Å²) in [4.78, 5) is 12.3. The van der Waals surface area contributed by atoms with Crippen LogP contribution in [-0.2, 0) is 10.0 Å². The molecule has 144 valence electrons. The Kier molecular flexibility index (Phi) is 5.93. The minimum absolute atomic E-state index is 0.0388. The van der Waals surface area contributed by atoms with Crippen molar-refractivity contribution in [2.45, 2.75) is 11.8 Å². The number of hydrogen-bond donors (Lipinski definition) is 2. The highest BCUT2D eigenvalue weighted by molar-refractivity contribution is 7.92. The highest BCUT2D eigenvalue weighted by Gasteiger charge is 2.15. The van der Waals surface area contributed by atoms with Crippen molar-refractivity contribution in [3.8, 4) is 0 Å². The van der Waals surface area contributed by atoms with E-state index in [4.69, 9.17) is 23.2 Å². The lowest BCUT2D eigenvalue weighted by atomic mass is 10.1. The van der Waals surface area contributed by atoms with E-state index in [0.29, 0.717) is 21.3 Å². The van der Waals surface area contributed by atoms with Gasteiger partial charge in [-0.2, -0.15) is 0 Å². The van der Waals surface area contributed by atoms with Gasteiger partial charge < -0.3 is 5.32 Å². The minimum Gasteiger partial charge on any atom is -0.322 e. The lowest BCUT2D eigenvalue weighted by molar-refractivity contribution is 0.102. The topological polar surface area (TPSA) is 75.3 Å². The number of aryl methyl sites for hydroxylation is 1. The Hall–Kier alpha value is -2.54. The van der Waals surface area contributed by atoms with Gasteiger partial charge in [-0.25, -0.2) is 8.42 Å². The molecule has 0 spiro atoms. The SMILES string of the molecule is Cc1ccc(C(=O)Nc2ccc(S(=O)(=O)Nc3cc(Cl)cc(Cl)c3)cc2)cc1. The molecule has 5 nitrogen and oxygen atoms in total. The molecule has 3 aromatic rings. The number of sulfonamides is 1. The number of amides is 1. The van der Waals surface area contributed by atoms with Crippen molar-refractivity contribution in [2.75, 3.05) is 10.0 Å². The Morgan fingerprint density at radius 3 is 1.96 bits per heavy atom. The molecule has 3 aromatic carbocycles. The van der Waals surface area contributed by atoms with Crippen LogP contribution in [0.4, 0.5) is 11.4 Å². The predicted octanol–water partition coefficient (Wildman–Crippen LogP) is 5.35. The van der Waals surface area contributed by atoms with Gasteiger partial charge in [0.05, 0.1) is 10.6 Å². The first-order valence-corrected chi connectivity index (χ1v) is 10.4. The van der Waals surface area contributed by atoms with Gasteiger partial charge >= 0.3 is 0 Å². The second-order valence-corrected chi connectivity index (χ2v) is 8.66. The number of benzene rings is 3. The standard InChI is InChI=1S/C20H16Cl2N2O3S/c1-13-2-4-14(5-3-13)20(25)23-17-6-8-19(9-7-17)28(26,27)24-18-11-15(21)10-16(22)12-18/h2-12,24H,1H3,(H,23,25). The predicted molar refractivity (Wildman–Crippen MR) is 113 cm³/mol. The first-order chi connectivity index (χ1) is 13.2. The minimum atomic E-state index is -3.83. The maximum atomic E-state index is 12.5. The van der Waals surface area contributed by atoms with Crippen LogP contribution in [0.3, 0.4) is 0 Å². The molecule has 0 saturated carbocycles. The number of anilines is 2. The third-order valence-electron chi connectivity index (χ3n) is 3.85. The second kappa shape index (κ2) is 8.22. The Balaban J connectivity index is 1.73. The summed E-state index contributed by atoms with van der Waals surface area (Å²) in [7, 11) is -3.83. The lowest BCUT2D eigenvalue weighted by Gasteiger charge is -2.10. The van der Waals surface area contributed by atoms with Crippen molar-refractivity contribution < 1.29 is 13.2 Å². The quantitative estimate of drug-likeness (QED) is 0.567. The molecule has 0 radical (unpaired) electrons. The molecule has 1 amide bonds. The van der Waals surface area contributed by atoms with Gasteiger partial charge in [0, 0.05) is 21.3 Å². The Morgan fingerprint density at radius 1 is 0.821 bits per heavy atom. The van der Waals surface area contributed by atoms with Gasteiger partial charge in [-0.1, -0.05) is 40.9 Å². The molecule has 0 heterocycles. The highest BCUT2D eigenvalue weighted by Crippen LogP contribution is 2.25. The van der Waals surface area contributed by atoms with Gasteiger partial charge in [0.1, 0.15) is 0 Å². The average Bonchev–Trinajstić information content (AvgIpc) is 2.61. The van der Waals surface area contributed by atoms with E-state index in [2.05, 4.69) is 10.0 Å². The van der Waals surface area contributed by atoms with E-state index in [1.165, 1.54) is 42.5 Å². The molecule has 0 bridgehead atoms. The highest BCUT2D eigenvalue weighted by atomic mass is 35.5. The van der Waals surface area contributed by atoms with Crippen LogP contribution in [0.2, 0.25) is 10.0 Å². The van der Waals surface area contributed by atoms with Crippen LogP contribution >= 0.6 is 23.2 Å². The molecule has 0 aromatic heterocycles. The van der Waals surface area contributed by atoms with E-state index in [-0.39, 0.29) is 16.5 Å². The zero-order valence-electron chi connectivity index (χ0n) is 14.7. The molecule has 0 saturated heterocycles. The summed E-state index contributed by atoms with van der Waals surface area (Å²) in [6, 6.07) is 17.4. The van der Waals surface area contributed by atoms with Crippen molar-refractivity contribution in [1.82, 2.24) is 0 Å². The number of rotatable bonds is 5. The summed E-state index contributed by atoms with van der Waals surface area (Å²) >= 11 is 11.8. The van der Waals surface area contributed by atoms with Crippen LogP contribution in [0.1, 0.15) is 15.9 Å². The molecule has 0 aliphatic carbocycles. The molecular formula is C20H16Cl2N2O3S. The molecule has 8 heteroatoms. The summed E-state index contributed by atoms with van der Waals surface area (Å²) in [5.74, 6) is -0.276. The van der Waals surface area contributed by atoms with E-state index in [1.54, 1.807) is 12.1 Å². The second-order valence-electron chi connectivity index (χ2n) is 6.11. The zero-order chi connectivity index (χ0) is 20.3. The van der Waals surface area contributed by atoms with Crippen molar-refractivity contribution in [3.05, 3.63) is 87.9 Å². The van der Waals surface area contributed by atoms with Crippen molar-refractivity contribution in [1.29, 1.82) is 0 Å².